The van der Waals surface area contributed by atoms with Gasteiger partial charge in [0.1, 0.15) is 5.75 Å². The molecular weight excluding hydrogens is 328 g/mol. The zero-order valence-corrected chi connectivity index (χ0v) is 12.4. The van der Waals surface area contributed by atoms with E-state index in [0.29, 0.717) is 16.5 Å². The lowest BCUT2D eigenvalue weighted by molar-refractivity contribution is 0.484. The average molecular weight is 338 g/mol. The predicted molar refractivity (Wildman–Crippen MR) is 79.2 cm³/mol. The van der Waals surface area contributed by atoms with Gasteiger partial charge in [0.2, 0.25) is 0 Å². The van der Waals surface area contributed by atoms with Crippen molar-refractivity contribution >= 4 is 33.2 Å². The van der Waals surface area contributed by atoms with Crippen LogP contribution in [0.3, 0.4) is 0 Å². The monoisotopic (exact) mass is 336 g/mol. The number of hydrogen-bond donors (Lipinski definition) is 0. The van der Waals surface area contributed by atoms with Gasteiger partial charge in [0.05, 0.1) is 10.7 Å². The van der Waals surface area contributed by atoms with Gasteiger partial charge in [-0.3, -0.25) is 0 Å². The van der Waals surface area contributed by atoms with E-state index >= 15 is 0 Å². The van der Waals surface area contributed by atoms with Crippen molar-refractivity contribution in [3.8, 4) is 11.5 Å². The van der Waals surface area contributed by atoms with Crippen molar-refractivity contribution in [1.82, 2.24) is 9.38 Å². The molecular formula is C14H10BrClN2O. The van der Waals surface area contributed by atoms with Crippen LogP contribution in [0.25, 0.3) is 5.65 Å². The Morgan fingerprint density at radius 1 is 1.21 bits per heavy atom. The first-order chi connectivity index (χ1) is 9.13. The summed E-state index contributed by atoms with van der Waals surface area (Å²) in [7, 11) is 0. The summed E-state index contributed by atoms with van der Waals surface area (Å²) >= 11 is 9.57. The first-order valence-corrected chi connectivity index (χ1v) is 6.88. The summed E-state index contributed by atoms with van der Waals surface area (Å²) < 4.78 is 8.71. The lowest BCUT2D eigenvalue weighted by atomic mass is 10.3. The Morgan fingerprint density at radius 3 is 2.79 bits per heavy atom. The van der Waals surface area contributed by atoms with Gasteiger partial charge in [0.25, 0.3) is 0 Å². The molecule has 0 aliphatic carbocycles. The van der Waals surface area contributed by atoms with Gasteiger partial charge in [0.15, 0.2) is 11.4 Å². The van der Waals surface area contributed by atoms with E-state index in [1.165, 1.54) is 0 Å². The molecule has 0 amide bonds. The van der Waals surface area contributed by atoms with Gasteiger partial charge in [-0.15, -0.1) is 0 Å². The fraction of sp³-hybridized carbons (Fsp3) is 0.0714. The molecule has 3 aromatic rings. The van der Waals surface area contributed by atoms with Gasteiger partial charge in [0, 0.05) is 22.9 Å². The van der Waals surface area contributed by atoms with E-state index in [-0.39, 0.29) is 0 Å². The first kappa shape index (κ1) is 12.5. The molecule has 0 bridgehead atoms. The molecule has 5 heteroatoms. The largest absolute Gasteiger partial charge is 0.452 e. The molecule has 2 heterocycles. The number of aryl methyl sites for hydroxylation is 1. The molecule has 2 aromatic heterocycles. The number of aromatic nitrogens is 2. The van der Waals surface area contributed by atoms with E-state index in [2.05, 4.69) is 20.9 Å². The fourth-order valence-corrected chi connectivity index (χ4v) is 2.48. The Morgan fingerprint density at radius 2 is 2.00 bits per heavy atom. The summed E-state index contributed by atoms with van der Waals surface area (Å²) in [5, 5.41) is 0.573. The molecule has 0 aliphatic heterocycles. The standard InChI is InChI=1S/C14H10BrClN2O/c1-9-7-18-8-10(15)6-13(14(18)17-9)19-12-5-3-2-4-11(12)16/h2-8H,1H3. The van der Waals surface area contributed by atoms with Crippen LogP contribution in [0.2, 0.25) is 5.02 Å². The quantitative estimate of drug-likeness (QED) is 0.668. The molecule has 0 aliphatic rings. The molecule has 1 aromatic carbocycles. The third kappa shape index (κ3) is 2.46. The van der Waals surface area contributed by atoms with Crippen molar-refractivity contribution in [2.75, 3.05) is 0 Å². The summed E-state index contributed by atoms with van der Waals surface area (Å²) in [5.74, 6) is 1.28. The fourth-order valence-electron chi connectivity index (χ4n) is 1.88. The number of imidazole rings is 1. The smallest absolute Gasteiger partial charge is 0.180 e. The van der Waals surface area contributed by atoms with Crippen LogP contribution in [-0.2, 0) is 0 Å². The minimum atomic E-state index is 0.573. The van der Waals surface area contributed by atoms with Crippen molar-refractivity contribution in [2.24, 2.45) is 0 Å². The minimum Gasteiger partial charge on any atom is -0.452 e. The molecule has 0 fully saturated rings. The molecule has 0 atom stereocenters. The van der Waals surface area contributed by atoms with Gasteiger partial charge in [-0.1, -0.05) is 23.7 Å². The molecule has 0 saturated carbocycles. The molecule has 3 nitrogen and oxygen atoms in total. The lowest BCUT2D eigenvalue weighted by Gasteiger charge is -2.09. The normalized spacial score (nSPS) is 10.9. The van der Waals surface area contributed by atoms with E-state index < -0.39 is 0 Å². The summed E-state index contributed by atoms with van der Waals surface area (Å²) in [6, 6.07) is 9.25. The second-order valence-electron chi connectivity index (χ2n) is 4.17. The molecule has 0 N–H and O–H groups in total. The van der Waals surface area contributed by atoms with E-state index in [0.717, 1.165) is 15.8 Å². The highest BCUT2D eigenvalue weighted by Gasteiger charge is 2.10. The number of para-hydroxylation sites is 1. The highest BCUT2D eigenvalue weighted by atomic mass is 79.9. The number of fused-ring (bicyclic) bond motifs is 1. The van der Waals surface area contributed by atoms with Crippen molar-refractivity contribution in [1.29, 1.82) is 0 Å². The third-order valence-electron chi connectivity index (χ3n) is 2.66. The van der Waals surface area contributed by atoms with E-state index in [1.54, 1.807) is 6.07 Å². The minimum absolute atomic E-state index is 0.573. The molecule has 0 spiro atoms. The van der Waals surface area contributed by atoms with Gasteiger partial charge in [-0.2, -0.15) is 0 Å². The summed E-state index contributed by atoms with van der Waals surface area (Å²) in [5.41, 5.74) is 1.70. The van der Waals surface area contributed by atoms with Crippen LogP contribution in [0, 0.1) is 6.92 Å². The SMILES string of the molecule is Cc1cn2cc(Br)cc(Oc3ccccc3Cl)c2n1. The van der Waals surface area contributed by atoms with Crippen molar-refractivity contribution in [3.05, 3.63) is 57.9 Å². The van der Waals surface area contributed by atoms with Crippen LogP contribution in [0.1, 0.15) is 5.69 Å². The van der Waals surface area contributed by atoms with Crippen LogP contribution in [0.4, 0.5) is 0 Å². The summed E-state index contributed by atoms with van der Waals surface area (Å²) in [6.07, 6.45) is 3.88. The molecule has 0 unspecified atom stereocenters. The van der Waals surface area contributed by atoms with E-state index in [4.69, 9.17) is 16.3 Å². The zero-order chi connectivity index (χ0) is 13.4. The first-order valence-electron chi connectivity index (χ1n) is 5.71. The van der Waals surface area contributed by atoms with E-state index in [1.807, 2.05) is 48.0 Å². The molecule has 96 valence electrons. The number of pyridine rings is 1. The molecule has 0 radical (unpaired) electrons. The Balaban J connectivity index is 2.12. The Hall–Kier alpha value is -1.52. The highest BCUT2D eigenvalue weighted by molar-refractivity contribution is 9.10. The van der Waals surface area contributed by atoms with Crippen LogP contribution in [-0.4, -0.2) is 9.38 Å². The van der Waals surface area contributed by atoms with Gasteiger partial charge < -0.3 is 9.14 Å². The number of hydrogen-bond acceptors (Lipinski definition) is 2. The van der Waals surface area contributed by atoms with Gasteiger partial charge in [-0.05, 0) is 35.0 Å². The highest BCUT2D eigenvalue weighted by Crippen LogP contribution is 2.32. The molecule has 19 heavy (non-hydrogen) atoms. The maximum atomic E-state index is 6.11. The van der Waals surface area contributed by atoms with Crippen molar-refractivity contribution in [3.63, 3.8) is 0 Å². The third-order valence-corrected chi connectivity index (χ3v) is 3.41. The number of halogens is 2. The van der Waals surface area contributed by atoms with Crippen molar-refractivity contribution in [2.45, 2.75) is 6.92 Å². The van der Waals surface area contributed by atoms with Crippen LogP contribution in [0.5, 0.6) is 11.5 Å². The zero-order valence-electron chi connectivity index (χ0n) is 10.1. The Labute approximate surface area is 123 Å². The molecule has 0 saturated heterocycles. The average Bonchev–Trinajstić information content (AvgIpc) is 2.72. The number of ether oxygens (including phenoxy) is 1. The number of rotatable bonds is 2. The van der Waals surface area contributed by atoms with Crippen LogP contribution in [0.15, 0.2) is 47.2 Å². The second-order valence-corrected chi connectivity index (χ2v) is 5.49. The van der Waals surface area contributed by atoms with Gasteiger partial charge >= 0.3 is 0 Å². The Bertz CT molecular complexity index is 754. The summed E-state index contributed by atoms with van der Waals surface area (Å²) in [4.78, 5) is 4.45. The van der Waals surface area contributed by atoms with E-state index in [9.17, 15) is 0 Å². The van der Waals surface area contributed by atoms with Gasteiger partial charge in [-0.25, -0.2) is 4.98 Å². The Kier molecular flexibility index (Phi) is 3.21. The number of benzene rings is 1. The maximum absolute atomic E-state index is 6.11. The maximum Gasteiger partial charge on any atom is 0.180 e. The summed E-state index contributed by atoms with van der Waals surface area (Å²) in [6.45, 7) is 1.94. The van der Waals surface area contributed by atoms with Crippen LogP contribution >= 0.6 is 27.5 Å². The molecule has 3 rings (SSSR count). The topological polar surface area (TPSA) is 26.5 Å². The number of nitrogens with zero attached hydrogens (tertiary/aromatic N) is 2. The lowest BCUT2D eigenvalue weighted by Crippen LogP contribution is -1.91. The van der Waals surface area contributed by atoms with Crippen LogP contribution < -0.4 is 4.74 Å². The van der Waals surface area contributed by atoms with Crippen molar-refractivity contribution < 1.29 is 4.74 Å². The predicted octanol–water partition coefficient (Wildman–Crippen LogP) is 4.85. The second kappa shape index (κ2) is 4.87.